The van der Waals surface area contributed by atoms with Crippen LogP contribution in [0.5, 0.6) is 17.2 Å². The van der Waals surface area contributed by atoms with Gasteiger partial charge >= 0.3 is 0 Å². The number of nitrogens with one attached hydrogen (secondary N) is 2. The van der Waals surface area contributed by atoms with Gasteiger partial charge in [0.1, 0.15) is 11.4 Å². The summed E-state index contributed by atoms with van der Waals surface area (Å²) in [6.07, 6.45) is 1.40. The van der Waals surface area contributed by atoms with E-state index in [1.54, 1.807) is 30.3 Å². The average Bonchev–Trinajstić information content (AvgIpc) is 2.84. The van der Waals surface area contributed by atoms with Crippen LogP contribution in [0.4, 0.5) is 17.1 Å². The van der Waals surface area contributed by atoms with Crippen molar-refractivity contribution in [2.24, 2.45) is 5.10 Å². The van der Waals surface area contributed by atoms with Crippen LogP contribution in [0.25, 0.3) is 0 Å². The van der Waals surface area contributed by atoms with Gasteiger partial charge in [0.25, 0.3) is 15.7 Å². The Labute approximate surface area is 196 Å². The van der Waals surface area contributed by atoms with E-state index in [1.165, 1.54) is 51.8 Å². The van der Waals surface area contributed by atoms with E-state index in [9.17, 15) is 18.5 Å². The van der Waals surface area contributed by atoms with Crippen LogP contribution >= 0.6 is 0 Å². The van der Waals surface area contributed by atoms with Crippen molar-refractivity contribution in [3.63, 3.8) is 0 Å². The molecule has 0 saturated heterocycles. The highest BCUT2D eigenvalue weighted by molar-refractivity contribution is 7.92. The Bertz CT molecular complexity index is 1310. The first kappa shape index (κ1) is 24.3. The lowest BCUT2D eigenvalue weighted by Gasteiger charge is -2.10. The second-order valence-electron chi connectivity index (χ2n) is 6.72. The fourth-order valence-electron chi connectivity index (χ4n) is 2.98. The van der Waals surface area contributed by atoms with E-state index in [4.69, 9.17) is 14.2 Å². The first-order valence-electron chi connectivity index (χ1n) is 9.74. The zero-order valence-electron chi connectivity index (χ0n) is 18.5. The number of hydrazone groups is 1. The molecule has 2 N–H and O–H groups in total. The molecule has 3 aromatic rings. The van der Waals surface area contributed by atoms with Crippen molar-refractivity contribution >= 4 is 33.3 Å². The first-order chi connectivity index (χ1) is 16.3. The number of methoxy groups -OCH3 is 3. The van der Waals surface area contributed by atoms with Crippen LogP contribution in [-0.2, 0) is 10.0 Å². The van der Waals surface area contributed by atoms with E-state index in [0.717, 1.165) is 6.07 Å². The van der Waals surface area contributed by atoms with Gasteiger partial charge < -0.3 is 14.2 Å². The summed E-state index contributed by atoms with van der Waals surface area (Å²) in [5, 5.41) is 15.6. The largest absolute Gasteiger partial charge is 0.497 e. The number of ether oxygens (including phenoxy) is 3. The second kappa shape index (κ2) is 10.5. The number of nitro groups is 1. The van der Waals surface area contributed by atoms with Gasteiger partial charge in [-0.25, -0.2) is 8.42 Å². The Balaban J connectivity index is 1.84. The van der Waals surface area contributed by atoms with Gasteiger partial charge in [-0.3, -0.25) is 20.3 Å². The number of nitrogens with zero attached hydrogens (tertiary/aromatic N) is 2. The molecule has 34 heavy (non-hydrogen) atoms. The number of rotatable bonds is 10. The van der Waals surface area contributed by atoms with Gasteiger partial charge in [0, 0.05) is 17.3 Å². The van der Waals surface area contributed by atoms with Crippen LogP contribution in [0.2, 0.25) is 0 Å². The van der Waals surface area contributed by atoms with Crippen LogP contribution in [0.15, 0.2) is 70.7 Å². The molecule has 3 aromatic carbocycles. The monoisotopic (exact) mass is 486 g/mol. The minimum atomic E-state index is -4.08. The standard InChI is InChI=1S/C22H22N4O7S/c1-31-17-9-7-16(8-10-17)25-34(29,30)18-11-12-19(20(13-18)26(27)28)24-23-14-15-5-4-6-21(32-2)22(15)33-3/h4-14,24-25H,1-3H3. The van der Waals surface area contributed by atoms with Crippen LogP contribution in [-0.4, -0.2) is 40.9 Å². The van der Waals surface area contributed by atoms with Gasteiger partial charge in [0.2, 0.25) is 0 Å². The van der Waals surface area contributed by atoms with Crippen molar-refractivity contribution in [1.82, 2.24) is 0 Å². The molecular weight excluding hydrogens is 464 g/mol. The van der Waals surface area contributed by atoms with Gasteiger partial charge in [-0.2, -0.15) is 5.10 Å². The molecule has 0 aliphatic carbocycles. The van der Waals surface area contributed by atoms with Crippen molar-refractivity contribution in [2.45, 2.75) is 4.90 Å². The number of hydrogen-bond donors (Lipinski definition) is 2. The van der Waals surface area contributed by atoms with Crippen molar-refractivity contribution in [3.8, 4) is 17.2 Å². The molecule has 0 amide bonds. The molecule has 0 fully saturated rings. The molecular formula is C22H22N4O7S. The smallest absolute Gasteiger partial charge is 0.295 e. The molecule has 0 aromatic heterocycles. The summed E-state index contributed by atoms with van der Waals surface area (Å²) in [6.45, 7) is 0. The van der Waals surface area contributed by atoms with Gasteiger partial charge in [-0.1, -0.05) is 6.07 Å². The van der Waals surface area contributed by atoms with Gasteiger partial charge in [-0.15, -0.1) is 0 Å². The molecule has 0 saturated carbocycles. The minimum Gasteiger partial charge on any atom is -0.497 e. The van der Waals surface area contributed by atoms with E-state index < -0.39 is 20.6 Å². The lowest BCUT2D eigenvalue weighted by molar-refractivity contribution is -0.384. The van der Waals surface area contributed by atoms with Gasteiger partial charge in [-0.05, 0) is 48.5 Å². The SMILES string of the molecule is COc1ccc(NS(=O)(=O)c2ccc(NN=Cc3cccc(OC)c3OC)c([N+](=O)[O-])c2)cc1. The molecule has 11 nitrogen and oxygen atoms in total. The molecule has 12 heteroatoms. The topological polar surface area (TPSA) is 141 Å². The number of para-hydroxylation sites is 1. The van der Waals surface area contributed by atoms with E-state index in [0.29, 0.717) is 22.8 Å². The zero-order chi connectivity index (χ0) is 24.7. The summed E-state index contributed by atoms with van der Waals surface area (Å²) in [5.74, 6) is 1.49. The summed E-state index contributed by atoms with van der Waals surface area (Å²) in [6, 6.07) is 14.8. The van der Waals surface area contributed by atoms with E-state index in [1.807, 2.05) is 0 Å². The maximum atomic E-state index is 12.7. The van der Waals surface area contributed by atoms with Gasteiger partial charge in [0.05, 0.1) is 37.4 Å². The summed E-state index contributed by atoms with van der Waals surface area (Å²) in [5.41, 5.74) is 2.97. The van der Waals surface area contributed by atoms with Crippen molar-refractivity contribution < 1.29 is 27.6 Å². The Kier molecular flexibility index (Phi) is 7.53. The predicted molar refractivity (Wildman–Crippen MR) is 128 cm³/mol. The average molecular weight is 487 g/mol. The third-order valence-corrected chi connectivity index (χ3v) is 6.02. The summed E-state index contributed by atoms with van der Waals surface area (Å²) in [7, 11) is 0.392. The maximum absolute atomic E-state index is 12.7. The Hall–Kier alpha value is -4.32. The summed E-state index contributed by atoms with van der Waals surface area (Å²) >= 11 is 0. The maximum Gasteiger partial charge on any atom is 0.295 e. The number of nitro benzene ring substituents is 1. The third-order valence-electron chi connectivity index (χ3n) is 4.64. The highest BCUT2D eigenvalue weighted by atomic mass is 32.2. The van der Waals surface area contributed by atoms with E-state index in [2.05, 4.69) is 15.2 Å². The first-order valence-corrected chi connectivity index (χ1v) is 11.2. The van der Waals surface area contributed by atoms with Gasteiger partial charge in [0.15, 0.2) is 11.5 Å². The molecule has 0 radical (unpaired) electrons. The quantitative estimate of drug-likeness (QED) is 0.250. The fourth-order valence-corrected chi connectivity index (χ4v) is 4.06. The van der Waals surface area contributed by atoms with Crippen molar-refractivity contribution in [2.75, 3.05) is 31.5 Å². The fraction of sp³-hybridized carbons (Fsp3) is 0.136. The van der Waals surface area contributed by atoms with Crippen LogP contribution in [0, 0.1) is 10.1 Å². The Morgan fingerprint density at radius 1 is 0.971 bits per heavy atom. The molecule has 178 valence electrons. The van der Waals surface area contributed by atoms with E-state index >= 15 is 0 Å². The lowest BCUT2D eigenvalue weighted by Crippen LogP contribution is -2.13. The zero-order valence-corrected chi connectivity index (χ0v) is 19.3. The van der Waals surface area contributed by atoms with Crippen molar-refractivity contribution in [1.29, 1.82) is 0 Å². The van der Waals surface area contributed by atoms with Crippen molar-refractivity contribution in [3.05, 3.63) is 76.3 Å². The highest BCUT2D eigenvalue weighted by Crippen LogP contribution is 2.31. The summed E-state index contributed by atoms with van der Waals surface area (Å²) in [4.78, 5) is 10.6. The predicted octanol–water partition coefficient (Wildman–Crippen LogP) is 3.87. The molecule has 0 unspecified atom stereocenters. The molecule has 0 atom stereocenters. The summed E-state index contributed by atoms with van der Waals surface area (Å²) < 4.78 is 43.4. The molecule has 0 aliphatic rings. The Morgan fingerprint density at radius 2 is 1.71 bits per heavy atom. The molecule has 0 spiro atoms. The number of benzene rings is 3. The second-order valence-corrected chi connectivity index (χ2v) is 8.41. The number of sulfonamides is 1. The lowest BCUT2D eigenvalue weighted by atomic mass is 10.2. The third kappa shape index (κ3) is 5.53. The minimum absolute atomic E-state index is 0.00603. The van der Waals surface area contributed by atoms with Crippen LogP contribution < -0.4 is 24.4 Å². The van der Waals surface area contributed by atoms with Crippen LogP contribution in [0.3, 0.4) is 0 Å². The highest BCUT2D eigenvalue weighted by Gasteiger charge is 2.21. The Morgan fingerprint density at radius 3 is 2.32 bits per heavy atom. The number of anilines is 2. The van der Waals surface area contributed by atoms with E-state index in [-0.39, 0.29) is 16.3 Å². The normalized spacial score (nSPS) is 11.1. The molecule has 0 heterocycles. The molecule has 0 aliphatic heterocycles. The van der Waals surface area contributed by atoms with Crippen LogP contribution in [0.1, 0.15) is 5.56 Å². The molecule has 0 bridgehead atoms. The molecule has 3 rings (SSSR count). The number of hydrogen-bond acceptors (Lipinski definition) is 9.